The van der Waals surface area contributed by atoms with E-state index in [1.807, 2.05) is 0 Å². The van der Waals surface area contributed by atoms with Crippen molar-refractivity contribution in [2.24, 2.45) is 5.41 Å². The number of hydrogen-bond acceptors (Lipinski definition) is 2. The van der Waals surface area contributed by atoms with Crippen molar-refractivity contribution >= 4 is 0 Å². The normalized spacial score (nSPS) is 20.1. The maximum absolute atomic E-state index is 3.63. The van der Waals surface area contributed by atoms with Crippen LogP contribution in [0.3, 0.4) is 0 Å². The van der Waals surface area contributed by atoms with Crippen molar-refractivity contribution in [1.29, 1.82) is 0 Å². The van der Waals surface area contributed by atoms with Crippen LogP contribution in [0, 0.1) is 5.41 Å². The van der Waals surface area contributed by atoms with E-state index in [9.17, 15) is 0 Å². The van der Waals surface area contributed by atoms with Gasteiger partial charge >= 0.3 is 0 Å². The molecule has 0 aliphatic carbocycles. The molecule has 0 spiro atoms. The van der Waals surface area contributed by atoms with Crippen LogP contribution in [0.25, 0.3) is 0 Å². The summed E-state index contributed by atoms with van der Waals surface area (Å²) < 4.78 is 0. The summed E-state index contributed by atoms with van der Waals surface area (Å²) in [5.41, 5.74) is 0.615. The van der Waals surface area contributed by atoms with Crippen LogP contribution >= 0.6 is 0 Å². The van der Waals surface area contributed by atoms with E-state index in [-0.39, 0.29) is 5.54 Å². The molecule has 2 nitrogen and oxygen atoms in total. The average Bonchev–Trinajstić information content (AvgIpc) is 2.15. The SMILES string of the molecule is CC(C)(CNC(C)(C)C)CN1CCCCC1. The Labute approximate surface area is 102 Å². The smallest absolute Gasteiger partial charge is 0.00967 e. The Morgan fingerprint density at radius 1 is 0.938 bits per heavy atom. The highest BCUT2D eigenvalue weighted by Gasteiger charge is 2.24. The first-order chi connectivity index (χ1) is 7.29. The first-order valence-corrected chi connectivity index (χ1v) is 6.76. The lowest BCUT2D eigenvalue weighted by atomic mass is 9.90. The summed E-state index contributed by atoms with van der Waals surface area (Å²) in [7, 11) is 0. The van der Waals surface area contributed by atoms with E-state index in [1.165, 1.54) is 38.9 Å². The second kappa shape index (κ2) is 5.50. The highest BCUT2D eigenvalue weighted by molar-refractivity contribution is 4.81. The van der Waals surface area contributed by atoms with Gasteiger partial charge in [-0.1, -0.05) is 20.3 Å². The van der Waals surface area contributed by atoms with Crippen LogP contribution in [0.2, 0.25) is 0 Å². The summed E-state index contributed by atoms with van der Waals surface area (Å²) in [4.78, 5) is 2.63. The molecule has 0 bridgehead atoms. The number of rotatable bonds is 4. The lowest BCUT2D eigenvalue weighted by Crippen LogP contribution is -2.47. The minimum absolute atomic E-state index is 0.235. The van der Waals surface area contributed by atoms with Gasteiger partial charge in [0, 0.05) is 18.6 Å². The van der Waals surface area contributed by atoms with Crippen LogP contribution in [-0.2, 0) is 0 Å². The fourth-order valence-electron chi connectivity index (χ4n) is 2.28. The third-order valence-corrected chi connectivity index (χ3v) is 3.20. The molecule has 0 atom stereocenters. The number of piperidine rings is 1. The van der Waals surface area contributed by atoms with E-state index >= 15 is 0 Å². The molecule has 1 fully saturated rings. The summed E-state index contributed by atoms with van der Waals surface area (Å²) in [6.07, 6.45) is 4.21. The van der Waals surface area contributed by atoms with Crippen molar-refractivity contribution in [1.82, 2.24) is 10.2 Å². The van der Waals surface area contributed by atoms with Gasteiger partial charge in [-0.05, 0) is 52.1 Å². The molecule has 2 heteroatoms. The van der Waals surface area contributed by atoms with Gasteiger partial charge < -0.3 is 10.2 Å². The van der Waals surface area contributed by atoms with Crippen LogP contribution in [0.1, 0.15) is 53.9 Å². The van der Waals surface area contributed by atoms with Crippen LogP contribution in [-0.4, -0.2) is 36.6 Å². The predicted octanol–water partition coefficient (Wildman–Crippen LogP) is 2.89. The molecule has 0 aromatic rings. The van der Waals surface area contributed by atoms with Crippen molar-refractivity contribution in [2.75, 3.05) is 26.2 Å². The van der Waals surface area contributed by atoms with Crippen molar-refractivity contribution in [3.05, 3.63) is 0 Å². The van der Waals surface area contributed by atoms with Gasteiger partial charge in [0.05, 0.1) is 0 Å². The van der Waals surface area contributed by atoms with Crippen LogP contribution in [0.4, 0.5) is 0 Å². The highest BCUT2D eigenvalue weighted by Crippen LogP contribution is 2.20. The number of hydrogen-bond donors (Lipinski definition) is 1. The Morgan fingerprint density at radius 3 is 2.00 bits per heavy atom. The molecular formula is C14H30N2. The molecule has 0 unspecified atom stereocenters. The van der Waals surface area contributed by atoms with E-state index in [2.05, 4.69) is 44.8 Å². The minimum Gasteiger partial charge on any atom is -0.311 e. The van der Waals surface area contributed by atoms with Gasteiger partial charge in [-0.3, -0.25) is 0 Å². The molecule has 1 saturated heterocycles. The molecule has 0 saturated carbocycles. The van der Waals surface area contributed by atoms with E-state index in [4.69, 9.17) is 0 Å². The van der Waals surface area contributed by atoms with E-state index in [0.29, 0.717) is 5.41 Å². The molecule has 1 aliphatic rings. The fourth-order valence-corrected chi connectivity index (χ4v) is 2.28. The third kappa shape index (κ3) is 5.86. The van der Waals surface area contributed by atoms with Crippen molar-refractivity contribution < 1.29 is 0 Å². The predicted molar refractivity (Wildman–Crippen MR) is 71.8 cm³/mol. The molecule has 1 N–H and O–H groups in total. The quantitative estimate of drug-likeness (QED) is 0.793. The molecule has 0 aromatic heterocycles. The summed E-state index contributed by atoms with van der Waals surface area (Å²) in [5.74, 6) is 0. The van der Waals surface area contributed by atoms with Gasteiger partial charge in [0.2, 0.25) is 0 Å². The number of nitrogens with one attached hydrogen (secondary N) is 1. The molecule has 1 aliphatic heterocycles. The van der Waals surface area contributed by atoms with E-state index in [0.717, 1.165) is 6.54 Å². The maximum Gasteiger partial charge on any atom is 0.00967 e. The Bertz CT molecular complexity index is 197. The van der Waals surface area contributed by atoms with Crippen molar-refractivity contribution in [3.8, 4) is 0 Å². The zero-order valence-corrected chi connectivity index (χ0v) is 11.9. The van der Waals surface area contributed by atoms with Crippen molar-refractivity contribution in [2.45, 2.75) is 59.4 Å². The fraction of sp³-hybridized carbons (Fsp3) is 1.00. The van der Waals surface area contributed by atoms with Crippen LogP contribution in [0.15, 0.2) is 0 Å². The first kappa shape index (κ1) is 14.0. The van der Waals surface area contributed by atoms with Gasteiger partial charge in [0.1, 0.15) is 0 Å². The second-order valence-electron chi connectivity index (χ2n) is 7.10. The molecule has 1 rings (SSSR count). The monoisotopic (exact) mass is 226 g/mol. The largest absolute Gasteiger partial charge is 0.311 e. The highest BCUT2D eigenvalue weighted by atomic mass is 15.1. The van der Waals surface area contributed by atoms with E-state index in [1.54, 1.807) is 0 Å². The topological polar surface area (TPSA) is 15.3 Å². The maximum atomic E-state index is 3.63. The zero-order chi connectivity index (χ0) is 12.2. The summed E-state index contributed by atoms with van der Waals surface area (Å²) in [6.45, 7) is 16.4. The van der Waals surface area contributed by atoms with Gasteiger partial charge in [0.15, 0.2) is 0 Å². The Morgan fingerprint density at radius 2 is 1.50 bits per heavy atom. The van der Waals surface area contributed by atoms with Crippen molar-refractivity contribution in [3.63, 3.8) is 0 Å². The average molecular weight is 226 g/mol. The van der Waals surface area contributed by atoms with E-state index < -0.39 is 0 Å². The summed E-state index contributed by atoms with van der Waals surface area (Å²) in [6, 6.07) is 0. The summed E-state index contributed by atoms with van der Waals surface area (Å²) >= 11 is 0. The lowest BCUT2D eigenvalue weighted by Gasteiger charge is -2.36. The van der Waals surface area contributed by atoms with Gasteiger partial charge in [-0.2, -0.15) is 0 Å². The van der Waals surface area contributed by atoms with Gasteiger partial charge in [-0.25, -0.2) is 0 Å². The number of nitrogens with zero attached hydrogens (tertiary/aromatic N) is 1. The molecule has 0 amide bonds. The molecular weight excluding hydrogens is 196 g/mol. The Hall–Kier alpha value is -0.0800. The summed E-state index contributed by atoms with van der Waals surface area (Å²) in [5, 5.41) is 3.63. The molecule has 0 aromatic carbocycles. The molecule has 1 heterocycles. The third-order valence-electron chi connectivity index (χ3n) is 3.20. The Balaban J connectivity index is 2.32. The zero-order valence-electron chi connectivity index (χ0n) is 11.9. The number of likely N-dealkylation sites (tertiary alicyclic amines) is 1. The minimum atomic E-state index is 0.235. The van der Waals surface area contributed by atoms with Crippen LogP contribution in [0.5, 0.6) is 0 Å². The van der Waals surface area contributed by atoms with Gasteiger partial charge in [-0.15, -0.1) is 0 Å². The molecule has 0 radical (unpaired) electrons. The molecule has 96 valence electrons. The Kier molecular flexibility index (Phi) is 4.81. The first-order valence-electron chi connectivity index (χ1n) is 6.76. The lowest BCUT2D eigenvalue weighted by molar-refractivity contribution is 0.144. The van der Waals surface area contributed by atoms with Crippen LogP contribution < -0.4 is 5.32 Å². The standard InChI is InChI=1S/C14H30N2/c1-13(2,3)15-11-14(4,5)12-16-9-7-6-8-10-16/h15H,6-12H2,1-5H3. The molecule has 16 heavy (non-hydrogen) atoms. The second-order valence-corrected chi connectivity index (χ2v) is 7.10. The van der Waals surface area contributed by atoms with Gasteiger partial charge in [0.25, 0.3) is 0 Å².